The van der Waals surface area contributed by atoms with Gasteiger partial charge in [0.2, 0.25) is 5.91 Å². The van der Waals surface area contributed by atoms with Gasteiger partial charge in [-0.15, -0.1) is 0 Å². The molecule has 1 amide bonds. The average molecular weight is 736 g/mol. The van der Waals surface area contributed by atoms with Crippen molar-refractivity contribution in [2.24, 2.45) is 0 Å². The number of carbonyl (C=O) groups is 1. The van der Waals surface area contributed by atoms with E-state index in [0.717, 1.165) is 32.1 Å². The van der Waals surface area contributed by atoms with Crippen LogP contribution in [0.15, 0.2) is 12.2 Å². The number of hydrogen-bond donors (Lipinski definition) is 4. The summed E-state index contributed by atoms with van der Waals surface area (Å²) in [6, 6.07) is -0.706. The number of aliphatic hydroxyl groups excluding tert-OH is 3. The molecule has 0 radical (unpaired) electrons. The van der Waals surface area contributed by atoms with Crippen LogP contribution in [0.3, 0.4) is 0 Å². The molecule has 0 aromatic heterocycles. The van der Waals surface area contributed by atoms with Crippen LogP contribution in [-0.4, -0.2) is 46.1 Å². The Morgan fingerprint density at radius 3 is 1.06 bits per heavy atom. The molecule has 0 bridgehead atoms. The zero-order chi connectivity index (χ0) is 38.0. The van der Waals surface area contributed by atoms with Gasteiger partial charge in [0, 0.05) is 0 Å². The van der Waals surface area contributed by atoms with Crippen LogP contribution in [0.25, 0.3) is 0 Å². The van der Waals surface area contributed by atoms with E-state index in [4.69, 9.17) is 0 Å². The summed E-state index contributed by atoms with van der Waals surface area (Å²) < 4.78 is 0. The van der Waals surface area contributed by atoms with Gasteiger partial charge in [0.1, 0.15) is 6.10 Å². The first kappa shape index (κ1) is 51.1. The molecule has 0 spiro atoms. The first-order valence-corrected chi connectivity index (χ1v) is 23.5. The molecule has 4 N–H and O–H groups in total. The number of rotatable bonds is 43. The maximum Gasteiger partial charge on any atom is 0.249 e. The molecule has 0 aliphatic heterocycles. The molecule has 3 atom stereocenters. The van der Waals surface area contributed by atoms with E-state index in [1.165, 1.54) is 199 Å². The van der Waals surface area contributed by atoms with E-state index in [0.29, 0.717) is 12.8 Å². The van der Waals surface area contributed by atoms with Crippen molar-refractivity contribution >= 4 is 5.91 Å². The molecular weight excluding hydrogens is 643 g/mol. The quantitative estimate of drug-likeness (QED) is 0.0371. The van der Waals surface area contributed by atoms with Gasteiger partial charge in [0.05, 0.1) is 18.8 Å². The molecule has 310 valence electrons. The monoisotopic (exact) mass is 736 g/mol. The summed E-state index contributed by atoms with van der Waals surface area (Å²) in [6.07, 6.45) is 51.0. The molecule has 0 aliphatic carbocycles. The molecule has 0 aliphatic rings. The molecule has 0 saturated heterocycles. The van der Waals surface area contributed by atoms with Gasteiger partial charge in [0.15, 0.2) is 0 Å². The standard InChI is InChI=1S/C47H93NO4/c1-3-5-7-9-11-13-14-15-16-17-18-19-20-21-22-23-24-25-26-27-28-29-30-31-32-34-36-38-40-42-46(51)47(52)48-44(43-49)45(50)41-39-37-35-33-12-10-8-6-4-2/h21-22,44-46,49-51H,3-20,23-43H2,1-2H3,(H,48,52)/b22-21-. The number of aliphatic hydroxyl groups is 3. The molecule has 5 nitrogen and oxygen atoms in total. The molecule has 0 heterocycles. The van der Waals surface area contributed by atoms with E-state index in [1.807, 2.05) is 0 Å². The minimum absolute atomic E-state index is 0.311. The van der Waals surface area contributed by atoms with Gasteiger partial charge in [-0.25, -0.2) is 0 Å². The van der Waals surface area contributed by atoms with E-state index < -0.39 is 24.2 Å². The van der Waals surface area contributed by atoms with Crippen LogP contribution < -0.4 is 5.32 Å². The molecule has 0 fully saturated rings. The van der Waals surface area contributed by atoms with Gasteiger partial charge in [-0.3, -0.25) is 4.79 Å². The lowest BCUT2D eigenvalue weighted by atomic mass is 10.0. The summed E-state index contributed by atoms with van der Waals surface area (Å²) in [5.41, 5.74) is 0. The van der Waals surface area contributed by atoms with Gasteiger partial charge in [-0.1, -0.05) is 231 Å². The number of amides is 1. The van der Waals surface area contributed by atoms with Gasteiger partial charge in [0.25, 0.3) is 0 Å². The van der Waals surface area contributed by atoms with Crippen LogP contribution in [0.5, 0.6) is 0 Å². The summed E-state index contributed by atoms with van der Waals surface area (Å²) in [7, 11) is 0. The fourth-order valence-corrected chi connectivity index (χ4v) is 7.42. The third-order valence-electron chi connectivity index (χ3n) is 11.1. The highest BCUT2D eigenvalue weighted by molar-refractivity contribution is 5.80. The zero-order valence-corrected chi connectivity index (χ0v) is 35.2. The van der Waals surface area contributed by atoms with Crippen LogP contribution in [-0.2, 0) is 4.79 Å². The lowest BCUT2D eigenvalue weighted by Gasteiger charge is -2.23. The molecule has 5 heteroatoms. The summed E-state index contributed by atoms with van der Waals surface area (Å²) >= 11 is 0. The van der Waals surface area contributed by atoms with Crippen LogP contribution in [0.2, 0.25) is 0 Å². The average Bonchev–Trinajstić information content (AvgIpc) is 3.15. The third-order valence-corrected chi connectivity index (χ3v) is 11.1. The zero-order valence-electron chi connectivity index (χ0n) is 35.2. The summed E-state index contributed by atoms with van der Waals surface area (Å²) in [6.45, 7) is 4.22. The second-order valence-electron chi connectivity index (χ2n) is 16.3. The van der Waals surface area contributed by atoms with E-state index >= 15 is 0 Å². The molecule has 0 saturated carbocycles. The number of nitrogens with one attached hydrogen (secondary N) is 1. The minimum atomic E-state index is -1.07. The van der Waals surface area contributed by atoms with Crippen molar-refractivity contribution in [1.29, 1.82) is 0 Å². The predicted octanol–water partition coefficient (Wildman–Crippen LogP) is 13.6. The summed E-state index contributed by atoms with van der Waals surface area (Å²) in [5.74, 6) is -0.470. The maximum atomic E-state index is 12.4. The fourth-order valence-electron chi connectivity index (χ4n) is 7.42. The highest BCUT2D eigenvalue weighted by Crippen LogP contribution is 2.16. The molecule has 0 aromatic carbocycles. The van der Waals surface area contributed by atoms with Gasteiger partial charge >= 0.3 is 0 Å². The topological polar surface area (TPSA) is 89.8 Å². The summed E-state index contributed by atoms with van der Waals surface area (Å²) in [4.78, 5) is 12.4. The number of unbranched alkanes of at least 4 members (excludes halogenated alkanes) is 33. The van der Waals surface area contributed by atoms with Crippen molar-refractivity contribution in [3.63, 3.8) is 0 Å². The highest BCUT2D eigenvalue weighted by atomic mass is 16.3. The Kier molecular flexibility index (Phi) is 42.1. The summed E-state index contributed by atoms with van der Waals surface area (Å²) in [5, 5.41) is 33.2. The first-order chi connectivity index (χ1) is 25.6. The molecule has 0 aromatic rings. The van der Waals surface area contributed by atoms with Gasteiger partial charge < -0.3 is 20.6 Å². The van der Waals surface area contributed by atoms with Crippen molar-refractivity contribution in [3.8, 4) is 0 Å². The van der Waals surface area contributed by atoms with Crippen LogP contribution in [0.4, 0.5) is 0 Å². The van der Waals surface area contributed by atoms with Crippen molar-refractivity contribution in [3.05, 3.63) is 12.2 Å². The Morgan fingerprint density at radius 1 is 0.442 bits per heavy atom. The van der Waals surface area contributed by atoms with Crippen LogP contribution >= 0.6 is 0 Å². The van der Waals surface area contributed by atoms with Crippen molar-refractivity contribution < 1.29 is 20.1 Å². The van der Waals surface area contributed by atoms with E-state index in [1.54, 1.807) is 0 Å². The number of hydrogen-bond acceptors (Lipinski definition) is 4. The highest BCUT2D eigenvalue weighted by Gasteiger charge is 2.23. The maximum absolute atomic E-state index is 12.4. The minimum Gasteiger partial charge on any atom is -0.394 e. The smallest absolute Gasteiger partial charge is 0.249 e. The first-order valence-electron chi connectivity index (χ1n) is 23.5. The lowest BCUT2D eigenvalue weighted by Crippen LogP contribution is -2.49. The predicted molar refractivity (Wildman–Crippen MR) is 227 cm³/mol. The SMILES string of the molecule is CCCCCCCCCCCCCC/C=C\CCCCCCCCCCCCCCCC(O)C(=O)NC(CO)C(O)CCCCCCCCCCC. The molecule has 3 unspecified atom stereocenters. The fraction of sp³-hybridized carbons (Fsp3) is 0.936. The number of carbonyl (C=O) groups excluding carboxylic acids is 1. The lowest BCUT2D eigenvalue weighted by molar-refractivity contribution is -0.131. The Labute approximate surface area is 325 Å². The van der Waals surface area contributed by atoms with E-state index in [-0.39, 0.29) is 6.61 Å². The number of allylic oxidation sites excluding steroid dienone is 2. The molecule has 52 heavy (non-hydrogen) atoms. The Balaban J connectivity index is 3.47. The second-order valence-corrected chi connectivity index (χ2v) is 16.3. The normalized spacial score (nSPS) is 13.6. The van der Waals surface area contributed by atoms with Gasteiger partial charge in [-0.2, -0.15) is 0 Å². The van der Waals surface area contributed by atoms with Crippen molar-refractivity contribution in [2.75, 3.05) is 6.61 Å². The van der Waals surface area contributed by atoms with Crippen molar-refractivity contribution in [2.45, 2.75) is 276 Å². The van der Waals surface area contributed by atoms with E-state index in [2.05, 4.69) is 31.3 Å². The van der Waals surface area contributed by atoms with Crippen LogP contribution in [0.1, 0.15) is 258 Å². The third kappa shape index (κ3) is 37.4. The van der Waals surface area contributed by atoms with Crippen molar-refractivity contribution in [1.82, 2.24) is 5.32 Å². The second kappa shape index (κ2) is 42.8. The molecule has 0 rings (SSSR count). The Hall–Kier alpha value is -0.910. The van der Waals surface area contributed by atoms with Crippen LogP contribution in [0, 0.1) is 0 Å². The molecular formula is C47H93NO4. The van der Waals surface area contributed by atoms with E-state index in [9.17, 15) is 20.1 Å². The largest absolute Gasteiger partial charge is 0.394 e. The Morgan fingerprint density at radius 2 is 0.731 bits per heavy atom. The Bertz CT molecular complexity index is 728. The van der Waals surface area contributed by atoms with Gasteiger partial charge in [-0.05, 0) is 38.5 Å².